The summed E-state index contributed by atoms with van der Waals surface area (Å²) in [5, 5.41) is 14.5. The molecule has 4 heterocycles. The molecule has 2 atom stereocenters. The molecule has 9 nitrogen and oxygen atoms in total. The van der Waals surface area contributed by atoms with Crippen LogP contribution in [0.5, 0.6) is 0 Å². The number of nitrogens with zero attached hydrogens (tertiary/aromatic N) is 6. The molecule has 1 amide bonds. The fourth-order valence-corrected chi connectivity index (χ4v) is 5.89. The summed E-state index contributed by atoms with van der Waals surface area (Å²) in [6.45, 7) is 10.3. The Balaban J connectivity index is 1.29. The van der Waals surface area contributed by atoms with Crippen LogP contribution in [0, 0.1) is 0 Å². The van der Waals surface area contributed by atoms with Crippen LogP contribution in [-0.4, -0.2) is 75.5 Å². The predicted molar refractivity (Wildman–Crippen MR) is 151 cm³/mol. The molecule has 0 radical (unpaired) electrons. The Kier molecular flexibility index (Phi) is 6.56. The summed E-state index contributed by atoms with van der Waals surface area (Å²) in [5.74, 6) is 0.275. The topological polar surface area (TPSA) is 97.7 Å². The molecule has 2 aromatic heterocycles. The third kappa shape index (κ3) is 4.55. The fraction of sp³-hybridized carbons (Fsp3) is 0.400. The Labute approximate surface area is 229 Å². The second-order valence-corrected chi connectivity index (χ2v) is 10.7. The number of nitrogens with one attached hydrogen (secondary N) is 1. The third-order valence-electron chi connectivity index (χ3n) is 8.31. The lowest BCUT2D eigenvalue weighted by Crippen LogP contribution is -2.44. The molecule has 6 rings (SSSR count). The van der Waals surface area contributed by atoms with E-state index in [4.69, 9.17) is 9.97 Å². The van der Waals surface area contributed by atoms with Gasteiger partial charge in [-0.25, -0.2) is 9.97 Å². The van der Waals surface area contributed by atoms with Crippen LogP contribution in [0.3, 0.4) is 0 Å². The Morgan fingerprint density at radius 3 is 2.62 bits per heavy atom. The second kappa shape index (κ2) is 10.1. The van der Waals surface area contributed by atoms with Crippen LogP contribution in [0.2, 0.25) is 0 Å². The lowest BCUT2D eigenvalue weighted by molar-refractivity contribution is 0.0303. The highest BCUT2D eigenvalue weighted by atomic mass is 16.3. The second-order valence-electron chi connectivity index (χ2n) is 10.7. The van der Waals surface area contributed by atoms with Gasteiger partial charge >= 0.3 is 0 Å². The van der Waals surface area contributed by atoms with E-state index in [9.17, 15) is 9.90 Å². The first kappa shape index (κ1) is 25.5. The minimum atomic E-state index is -0.936. The van der Waals surface area contributed by atoms with Gasteiger partial charge in [0.05, 0.1) is 22.6 Å². The molecule has 0 saturated carbocycles. The normalized spacial score (nSPS) is 22.6. The van der Waals surface area contributed by atoms with Crippen molar-refractivity contribution in [1.29, 1.82) is 0 Å². The number of pyridine rings is 1. The molecular weight excluding hydrogens is 490 g/mol. The molecule has 2 aliphatic heterocycles. The number of carbonyl (C=O) groups is 1. The Morgan fingerprint density at radius 2 is 1.90 bits per heavy atom. The number of fused-ring (bicyclic) bond motifs is 2. The molecule has 9 heteroatoms. The van der Waals surface area contributed by atoms with Crippen molar-refractivity contribution in [1.82, 2.24) is 24.8 Å². The van der Waals surface area contributed by atoms with Crippen molar-refractivity contribution in [3.8, 4) is 0 Å². The summed E-state index contributed by atoms with van der Waals surface area (Å²) in [4.78, 5) is 34.0. The maximum Gasteiger partial charge on any atom is 0.258 e. The number of carbonyl (C=O) groups excluding carboxylic acids is 1. The Morgan fingerprint density at radius 1 is 1.13 bits per heavy atom. The average Bonchev–Trinajstić information content (AvgIpc) is 3.43. The van der Waals surface area contributed by atoms with Crippen molar-refractivity contribution in [3.05, 3.63) is 83.5 Å². The number of hydrogen-bond acceptors (Lipinski definition) is 8. The zero-order valence-electron chi connectivity index (χ0n) is 22.6. The molecule has 3 aromatic rings. The highest BCUT2D eigenvalue weighted by Gasteiger charge is 2.42. The van der Waals surface area contributed by atoms with Crippen molar-refractivity contribution >= 4 is 23.2 Å². The first-order chi connectivity index (χ1) is 18.9. The highest BCUT2D eigenvalue weighted by Crippen LogP contribution is 2.42. The molecule has 202 valence electrons. The number of likely N-dealkylation sites (N-methyl/N-ethyl adjacent to an activating group) is 1. The van der Waals surface area contributed by atoms with Crippen LogP contribution < -0.4 is 10.2 Å². The number of anilines is 3. The third-order valence-corrected chi connectivity index (χ3v) is 8.31. The van der Waals surface area contributed by atoms with Crippen LogP contribution in [0.1, 0.15) is 58.8 Å². The number of aromatic nitrogens is 3. The van der Waals surface area contributed by atoms with Gasteiger partial charge in [0.15, 0.2) is 0 Å². The number of benzene rings is 1. The molecule has 39 heavy (non-hydrogen) atoms. The zero-order valence-corrected chi connectivity index (χ0v) is 22.6. The van der Waals surface area contributed by atoms with Crippen molar-refractivity contribution in [3.63, 3.8) is 0 Å². The van der Waals surface area contributed by atoms with Crippen LogP contribution in [0.15, 0.2) is 55.3 Å². The molecule has 1 unspecified atom stereocenters. The van der Waals surface area contributed by atoms with Gasteiger partial charge in [-0.3, -0.25) is 9.78 Å². The lowest BCUT2D eigenvalue weighted by Gasteiger charge is -2.34. The summed E-state index contributed by atoms with van der Waals surface area (Å²) < 4.78 is 0. The van der Waals surface area contributed by atoms with Crippen molar-refractivity contribution in [2.75, 3.05) is 50.0 Å². The maximum atomic E-state index is 13.4. The number of aliphatic hydroxyl groups is 1. The summed E-state index contributed by atoms with van der Waals surface area (Å²) in [6.07, 6.45) is 5.36. The van der Waals surface area contributed by atoms with Gasteiger partial charge in [0.2, 0.25) is 5.95 Å². The van der Waals surface area contributed by atoms with E-state index in [1.54, 1.807) is 17.2 Å². The molecule has 0 spiro atoms. The van der Waals surface area contributed by atoms with Gasteiger partial charge in [-0.2, -0.15) is 0 Å². The van der Waals surface area contributed by atoms with E-state index in [-0.39, 0.29) is 5.91 Å². The largest absolute Gasteiger partial charge is 0.384 e. The Hall–Kier alpha value is -3.82. The van der Waals surface area contributed by atoms with Crippen LogP contribution in [0.25, 0.3) is 0 Å². The van der Waals surface area contributed by atoms with Crippen LogP contribution >= 0.6 is 0 Å². The molecule has 1 fully saturated rings. The summed E-state index contributed by atoms with van der Waals surface area (Å²) in [6, 6.07) is 11.8. The quantitative estimate of drug-likeness (QED) is 0.452. The average molecular weight is 526 g/mol. The molecule has 2 N–H and O–H groups in total. The maximum absolute atomic E-state index is 13.4. The smallest absolute Gasteiger partial charge is 0.258 e. The Bertz CT molecular complexity index is 1400. The molecular formula is C30H35N7O2. The molecule has 1 saturated heterocycles. The van der Waals surface area contributed by atoms with Crippen LogP contribution in [-0.2, 0) is 12.0 Å². The van der Waals surface area contributed by atoms with Gasteiger partial charge in [0.1, 0.15) is 11.6 Å². The summed E-state index contributed by atoms with van der Waals surface area (Å²) in [7, 11) is 2.15. The minimum Gasteiger partial charge on any atom is -0.384 e. The van der Waals surface area contributed by atoms with E-state index < -0.39 is 11.6 Å². The number of hydrogen-bond donors (Lipinski definition) is 2. The van der Waals surface area contributed by atoms with Crippen molar-refractivity contribution in [2.45, 2.75) is 37.8 Å². The monoisotopic (exact) mass is 525 g/mol. The van der Waals surface area contributed by atoms with E-state index in [1.165, 1.54) is 5.69 Å². The van der Waals surface area contributed by atoms with E-state index >= 15 is 0 Å². The number of amides is 1. The number of rotatable bonds is 7. The van der Waals surface area contributed by atoms with Gasteiger partial charge < -0.3 is 25.1 Å². The first-order valence-corrected chi connectivity index (χ1v) is 13.7. The molecule has 1 aromatic carbocycles. The minimum absolute atomic E-state index is 0.147. The molecule has 1 aliphatic carbocycles. The first-order valence-electron chi connectivity index (χ1n) is 13.7. The van der Waals surface area contributed by atoms with Crippen LogP contribution in [0.4, 0.5) is 17.3 Å². The molecule has 3 aliphatic rings. The fourth-order valence-electron chi connectivity index (χ4n) is 5.89. The number of piperazine rings is 1. The van der Waals surface area contributed by atoms with Crippen molar-refractivity contribution < 1.29 is 9.90 Å². The van der Waals surface area contributed by atoms with Gasteiger partial charge in [-0.1, -0.05) is 19.1 Å². The predicted octanol–water partition coefficient (Wildman–Crippen LogP) is 3.64. The van der Waals surface area contributed by atoms with E-state index in [2.05, 4.69) is 45.9 Å². The van der Waals surface area contributed by atoms with Gasteiger partial charge in [-0.15, -0.1) is 6.58 Å². The zero-order chi connectivity index (χ0) is 27.1. The highest BCUT2D eigenvalue weighted by molar-refractivity contribution is 5.99. The number of aryl methyl sites for hydroxylation is 1. The van der Waals surface area contributed by atoms with Crippen molar-refractivity contribution in [2.24, 2.45) is 0 Å². The van der Waals surface area contributed by atoms with E-state index in [0.29, 0.717) is 42.3 Å². The van der Waals surface area contributed by atoms with E-state index in [0.717, 1.165) is 49.5 Å². The SMILES string of the molecule is C=CCN1C(=O)c2cnc(Nc3ccc(N4CCN(C)CC4)cc3)nc2C1c1ccc2c(n1)[C@@](O)(CC)CC2. The van der Waals surface area contributed by atoms with Gasteiger partial charge in [0.25, 0.3) is 5.91 Å². The summed E-state index contributed by atoms with van der Waals surface area (Å²) in [5.41, 5.74) is 4.68. The lowest BCUT2D eigenvalue weighted by atomic mass is 9.97. The van der Waals surface area contributed by atoms with E-state index in [1.807, 2.05) is 31.2 Å². The molecule has 0 bridgehead atoms. The van der Waals surface area contributed by atoms with Gasteiger partial charge in [0, 0.05) is 50.3 Å². The van der Waals surface area contributed by atoms with Gasteiger partial charge in [-0.05, 0) is 62.2 Å². The summed E-state index contributed by atoms with van der Waals surface area (Å²) >= 11 is 0. The standard InChI is InChI=1S/C30H35N7O2/c1-4-14-37-26(24-11-6-20-12-13-30(39,5-2)27(20)33-24)25-23(28(37)38)19-31-29(34-25)32-21-7-9-22(10-8-21)36-17-15-35(3)16-18-36/h4,6-11,19,26,39H,1,5,12-18H2,2-3H3,(H,31,32,34)/t26?,30-/m1/s1.